The van der Waals surface area contributed by atoms with Crippen LogP contribution in [-0.2, 0) is 13.2 Å². The van der Waals surface area contributed by atoms with E-state index in [-0.39, 0.29) is 0 Å². The molecule has 0 spiro atoms. The Kier molecular flexibility index (Phi) is 4.36. The molecule has 0 unspecified atom stereocenters. The Morgan fingerprint density at radius 3 is 2.83 bits per heavy atom. The number of rotatable bonds is 6. The molecule has 96 valence electrons. The molecule has 0 bridgehead atoms. The second-order valence-corrected chi connectivity index (χ2v) is 4.28. The van der Waals surface area contributed by atoms with Gasteiger partial charge in [-0.2, -0.15) is 0 Å². The second kappa shape index (κ2) is 6.21. The van der Waals surface area contributed by atoms with Gasteiger partial charge >= 0.3 is 0 Å². The Morgan fingerprint density at radius 1 is 1.28 bits per heavy atom. The van der Waals surface area contributed by atoms with Crippen LogP contribution in [0, 0.1) is 6.92 Å². The number of ether oxygens (including phenoxy) is 1. The summed E-state index contributed by atoms with van der Waals surface area (Å²) in [6.45, 7) is 6.48. The predicted octanol–water partition coefficient (Wildman–Crippen LogP) is 2.41. The van der Waals surface area contributed by atoms with E-state index in [9.17, 15) is 0 Å². The summed E-state index contributed by atoms with van der Waals surface area (Å²) >= 11 is 0. The minimum Gasteiger partial charge on any atom is -0.472 e. The minimum atomic E-state index is 0.546. The summed E-state index contributed by atoms with van der Waals surface area (Å²) in [6, 6.07) is 10.3. The molecule has 18 heavy (non-hydrogen) atoms. The fourth-order valence-corrected chi connectivity index (χ4v) is 1.72. The number of nitrogens with zero attached hydrogens (tertiary/aromatic N) is 1. The van der Waals surface area contributed by atoms with E-state index in [0.717, 1.165) is 24.3 Å². The van der Waals surface area contributed by atoms with Crippen molar-refractivity contribution in [1.82, 2.24) is 15.5 Å². The molecule has 2 N–H and O–H groups in total. The van der Waals surface area contributed by atoms with Gasteiger partial charge < -0.3 is 10.1 Å². The van der Waals surface area contributed by atoms with Crippen molar-refractivity contribution in [2.75, 3.05) is 6.54 Å². The number of H-pyrrole nitrogens is 1. The average molecular weight is 245 g/mol. The van der Waals surface area contributed by atoms with Crippen molar-refractivity contribution in [1.29, 1.82) is 0 Å². The summed E-state index contributed by atoms with van der Waals surface area (Å²) in [4.78, 5) is 0. The van der Waals surface area contributed by atoms with Gasteiger partial charge in [-0.05, 0) is 24.6 Å². The molecule has 0 aliphatic rings. The third-order valence-corrected chi connectivity index (χ3v) is 2.64. The molecular formula is C14H19N3O. The lowest BCUT2D eigenvalue weighted by Crippen LogP contribution is -2.11. The van der Waals surface area contributed by atoms with Crippen LogP contribution in [0.3, 0.4) is 0 Å². The zero-order chi connectivity index (χ0) is 12.8. The minimum absolute atomic E-state index is 0.546. The van der Waals surface area contributed by atoms with Gasteiger partial charge in [0, 0.05) is 18.3 Å². The molecule has 1 aromatic heterocycles. The second-order valence-electron chi connectivity index (χ2n) is 4.28. The molecule has 4 heteroatoms. The summed E-state index contributed by atoms with van der Waals surface area (Å²) in [6.07, 6.45) is 0. The highest BCUT2D eigenvalue weighted by atomic mass is 16.5. The Bertz CT molecular complexity index is 493. The fourth-order valence-electron chi connectivity index (χ4n) is 1.72. The van der Waals surface area contributed by atoms with Gasteiger partial charge in [-0.3, -0.25) is 5.10 Å². The lowest BCUT2D eigenvalue weighted by Gasteiger charge is -2.06. The largest absolute Gasteiger partial charge is 0.472 e. The molecule has 4 nitrogen and oxygen atoms in total. The van der Waals surface area contributed by atoms with Crippen LogP contribution in [0.25, 0.3) is 0 Å². The van der Waals surface area contributed by atoms with Gasteiger partial charge in [-0.25, -0.2) is 0 Å². The molecule has 0 aliphatic heterocycles. The number of benzene rings is 1. The topological polar surface area (TPSA) is 49.9 Å². The molecule has 2 aromatic rings. The van der Waals surface area contributed by atoms with Crippen molar-refractivity contribution in [3.8, 4) is 5.88 Å². The van der Waals surface area contributed by atoms with Crippen molar-refractivity contribution in [3.05, 3.63) is 47.2 Å². The molecule has 0 fully saturated rings. The normalized spacial score (nSPS) is 10.6. The maximum absolute atomic E-state index is 5.61. The van der Waals surface area contributed by atoms with E-state index in [1.54, 1.807) is 0 Å². The summed E-state index contributed by atoms with van der Waals surface area (Å²) < 4.78 is 5.61. The average Bonchev–Trinajstić information content (AvgIpc) is 2.80. The van der Waals surface area contributed by atoms with Gasteiger partial charge in [0.1, 0.15) is 6.61 Å². The van der Waals surface area contributed by atoms with E-state index >= 15 is 0 Å². The number of aromatic amines is 1. The number of hydrogen-bond donors (Lipinski definition) is 2. The third-order valence-electron chi connectivity index (χ3n) is 2.64. The molecule has 0 aliphatic carbocycles. The van der Waals surface area contributed by atoms with E-state index in [1.165, 1.54) is 5.56 Å². The number of aromatic nitrogens is 2. The summed E-state index contributed by atoms with van der Waals surface area (Å²) in [5.41, 5.74) is 3.44. The highest BCUT2D eigenvalue weighted by Gasteiger charge is 2.00. The van der Waals surface area contributed by atoms with Crippen LogP contribution in [0.15, 0.2) is 30.3 Å². The van der Waals surface area contributed by atoms with Gasteiger partial charge in [0.15, 0.2) is 0 Å². The van der Waals surface area contributed by atoms with Crippen molar-refractivity contribution in [3.63, 3.8) is 0 Å². The summed E-state index contributed by atoms with van der Waals surface area (Å²) in [5.74, 6) is 0.643. The first-order valence-electron chi connectivity index (χ1n) is 6.21. The van der Waals surface area contributed by atoms with Gasteiger partial charge in [0.2, 0.25) is 5.88 Å². The van der Waals surface area contributed by atoms with Crippen molar-refractivity contribution in [2.24, 2.45) is 0 Å². The van der Waals surface area contributed by atoms with Crippen LogP contribution < -0.4 is 10.1 Å². The molecule has 0 radical (unpaired) electrons. The van der Waals surface area contributed by atoms with Crippen molar-refractivity contribution < 1.29 is 4.74 Å². The van der Waals surface area contributed by atoms with Gasteiger partial charge in [0.25, 0.3) is 0 Å². The van der Waals surface area contributed by atoms with Crippen LogP contribution in [0.2, 0.25) is 0 Å². The van der Waals surface area contributed by atoms with Crippen LogP contribution in [0.4, 0.5) is 0 Å². The van der Waals surface area contributed by atoms with Crippen LogP contribution in [-0.4, -0.2) is 16.7 Å². The first-order valence-corrected chi connectivity index (χ1v) is 6.21. The fraction of sp³-hybridized carbons (Fsp3) is 0.357. The molecule has 1 heterocycles. The quantitative estimate of drug-likeness (QED) is 0.821. The Labute approximate surface area is 107 Å². The zero-order valence-corrected chi connectivity index (χ0v) is 10.9. The Hall–Kier alpha value is -1.81. The molecule has 0 saturated heterocycles. The molecule has 0 amide bonds. The summed E-state index contributed by atoms with van der Waals surface area (Å²) in [7, 11) is 0. The third kappa shape index (κ3) is 3.60. The van der Waals surface area contributed by atoms with Crippen LogP contribution in [0.5, 0.6) is 5.88 Å². The first kappa shape index (κ1) is 12.6. The smallest absolute Gasteiger partial charge is 0.233 e. The number of nitrogens with one attached hydrogen (secondary N) is 2. The van der Waals surface area contributed by atoms with Crippen LogP contribution in [0.1, 0.15) is 23.7 Å². The lowest BCUT2D eigenvalue weighted by atomic mass is 10.1. The maximum atomic E-state index is 5.61. The van der Waals surface area contributed by atoms with Crippen molar-refractivity contribution >= 4 is 0 Å². The standard InChI is InChI=1S/C14H19N3O/c1-3-15-9-12-5-4-6-13(8-12)10-18-14-7-11(2)16-17-14/h4-8,15H,3,9-10H2,1-2H3,(H,16,17). The first-order chi connectivity index (χ1) is 8.78. The Morgan fingerprint density at radius 2 is 2.11 bits per heavy atom. The highest BCUT2D eigenvalue weighted by Crippen LogP contribution is 2.11. The maximum Gasteiger partial charge on any atom is 0.233 e. The lowest BCUT2D eigenvalue weighted by molar-refractivity contribution is 0.293. The van der Waals surface area contributed by atoms with Crippen molar-refractivity contribution in [2.45, 2.75) is 27.0 Å². The molecule has 1 aromatic carbocycles. The van der Waals surface area contributed by atoms with Gasteiger partial charge in [0.05, 0.1) is 0 Å². The van der Waals surface area contributed by atoms with E-state index in [2.05, 4.69) is 46.7 Å². The Balaban J connectivity index is 1.92. The number of hydrogen-bond acceptors (Lipinski definition) is 3. The van der Waals surface area contributed by atoms with Gasteiger partial charge in [-0.15, -0.1) is 5.10 Å². The summed E-state index contributed by atoms with van der Waals surface area (Å²) in [5, 5.41) is 10.2. The number of aryl methyl sites for hydroxylation is 1. The van der Waals surface area contributed by atoms with Crippen LogP contribution >= 0.6 is 0 Å². The highest BCUT2D eigenvalue weighted by molar-refractivity contribution is 5.23. The predicted molar refractivity (Wildman–Crippen MR) is 71.5 cm³/mol. The molecule has 2 rings (SSSR count). The molecule has 0 saturated carbocycles. The monoisotopic (exact) mass is 245 g/mol. The van der Waals surface area contributed by atoms with E-state index in [1.807, 2.05) is 13.0 Å². The molecular weight excluding hydrogens is 226 g/mol. The van der Waals surface area contributed by atoms with E-state index in [0.29, 0.717) is 12.5 Å². The van der Waals surface area contributed by atoms with Gasteiger partial charge in [-0.1, -0.05) is 31.2 Å². The zero-order valence-electron chi connectivity index (χ0n) is 10.9. The van der Waals surface area contributed by atoms with E-state index in [4.69, 9.17) is 4.74 Å². The SMILES string of the molecule is CCNCc1cccc(COc2cc(C)[nH]n2)c1. The molecule has 0 atom stereocenters. The van der Waals surface area contributed by atoms with E-state index < -0.39 is 0 Å².